The number of rotatable bonds is 0. The van der Waals surface area contributed by atoms with Crippen LogP contribution < -0.4 is 0 Å². The van der Waals surface area contributed by atoms with Crippen LogP contribution in [0.25, 0.3) is 0 Å². The zero-order valence-corrected chi connectivity index (χ0v) is 11.7. The third-order valence-corrected chi connectivity index (χ3v) is 0. The maximum absolute atomic E-state index is 1.69. The minimum absolute atomic E-state index is 0. The molecule has 6 heteroatoms. The van der Waals surface area contributed by atoms with E-state index in [9.17, 15) is 0 Å². The summed E-state index contributed by atoms with van der Waals surface area (Å²) in [6.45, 7) is 0. The third-order valence-electron chi connectivity index (χ3n) is 0. The van der Waals surface area contributed by atoms with Gasteiger partial charge in [-0.15, -0.1) is 0 Å². The number of hydrogen-bond acceptors (Lipinski definition) is 0. The van der Waals surface area contributed by atoms with Crippen LogP contribution in [-0.2, 0) is 91.9 Å². The summed E-state index contributed by atoms with van der Waals surface area (Å²) < 4.78 is 0. The van der Waals surface area contributed by atoms with Gasteiger partial charge < -0.3 is 0 Å². The predicted octanol–water partition coefficient (Wildman–Crippen LogP) is -1.20. The van der Waals surface area contributed by atoms with Gasteiger partial charge in [0, 0.05) is 68.0 Å². The Balaban J connectivity index is -0.000000000833. The van der Waals surface area contributed by atoms with E-state index in [1.54, 1.807) is 23.9 Å². The van der Waals surface area contributed by atoms with E-state index in [1.807, 2.05) is 0 Å². The molecule has 0 aliphatic rings. The van der Waals surface area contributed by atoms with Crippen molar-refractivity contribution >= 4 is 7.37 Å². The summed E-state index contributed by atoms with van der Waals surface area (Å²) >= 11 is 1.69. The fourth-order valence-electron chi connectivity index (χ4n) is 0. The van der Waals surface area contributed by atoms with Crippen molar-refractivity contribution in [2.24, 2.45) is 0 Å². The van der Waals surface area contributed by atoms with Gasteiger partial charge in [0.15, 0.2) is 0 Å². The Labute approximate surface area is 97.6 Å². The Morgan fingerprint density at radius 2 is 1.17 bits per heavy atom. The molecule has 0 fully saturated rings. The molecule has 0 aliphatic heterocycles. The molecule has 0 amide bonds. The van der Waals surface area contributed by atoms with Gasteiger partial charge in [0.05, 0.1) is 0 Å². The molecule has 0 bridgehead atoms. The first kappa shape index (κ1) is 35.2. The van der Waals surface area contributed by atoms with Gasteiger partial charge in [-0.05, 0) is 0 Å². The summed E-state index contributed by atoms with van der Waals surface area (Å²) in [5, 5.41) is 0. The molecule has 0 N–H and O–H groups in total. The zero-order valence-electron chi connectivity index (χ0n) is 2.90. The normalized spacial score (nSPS) is 1.17. The topological polar surface area (TPSA) is 0 Å². The molecule has 0 aromatic heterocycles. The second kappa shape index (κ2) is 41.8. The van der Waals surface area contributed by atoms with Crippen LogP contribution in [-0.4, -0.2) is 7.37 Å². The van der Waals surface area contributed by atoms with E-state index in [2.05, 4.69) is 0 Å². The molecule has 0 heterocycles. The van der Waals surface area contributed by atoms with E-state index >= 15 is 0 Å². The first-order valence-electron chi connectivity index (χ1n) is 0.500. The Bertz CT molecular complexity index is 15.5. The Kier molecular flexibility index (Phi) is 246. The van der Waals surface area contributed by atoms with Crippen molar-refractivity contribution in [3.63, 3.8) is 0 Å². The first-order valence-corrected chi connectivity index (χ1v) is 8.87. The summed E-state index contributed by atoms with van der Waals surface area (Å²) in [7, 11) is 1.40. The SMILES string of the molecule is [Cr].[Cu].[Mn].[Ni].[SiH3][Zr]. The predicted molar refractivity (Wildman–Crippen MR) is 9.94 cm³/mol. The summed E-state index contributed by atoms with van der Waals surface area (Å²) in [6, 6.07) is 0. The second-order valence-corrected chi connectivity index (χ2v) is 0. The average molecular weight is 352 g/mol. The Morgan fingerprint density at radius 1 is 1.17 bits per heavy atom. The third kappa shape index (κ3) is 27.2. The molecule has 0 aromatic rings. The molecule has 0 nitrogen and oxygen atoms in total. The van der Waals surface area contributed by atoms with Crippen LogP contribution in [0.4, 0.5) is 0 Å². The van der Waals surface area contributed by atoms with Crippen LogP contribution in [0.15, 0.2) is 0 Å². The minimum atomic E-state index is 0. The standard InChI is InChI=1S/Cr.Cu.Mn.Ni.H3Si.Zr/h;;;;1H3;. The van der Waals surface area contributed by atoms with Crippen molar-refractivity contribution in [1.82, 2.24) is 0 Å². The quantitative estimate of drug-likeness (QED) is 0.481. The van der Waals surface area contributed by atoms with Crippen molar-refractivity contribution in [2.45, 2.75) is 0 Å². The van der Waals surface area contributed by atoms with Gasteiger partial charge in [-0.25, -0.2) is 0 Å². The van der Waals surface area contributed by atoms with Gasteiger partial charge in [0.1, 0.15) is 0 Å². The van der Waals surface area contributed by atoms with Crippen LogP contribution in [0.3, 0.4) is 0 Å². The van der Waals surface area contributed by atoms with E-state index < -0.39 is 0 Å². The molecule has 0 spiro atoms. The first-order chi connectivity index (χ1) is 1.00. The molecule has 2 radical (unpaired) electrons. The van der Waals surface area contributed by atoms with Gasteiger partial charge in [0.25, 0.3) is 0 Å². The van der Waals surface area contributed by atoms with Crippen LogP contribution in [0.1, 0.15) is 0 Å². The van der Waals surface area contributed by atoms with Crippen LogP contribution in [0.5, 0.6) is 0 Å². The maximum atomic E-state index is 1.69. The zero-order chi connectivity index (χ0) is 2.00. The van der Waals surface area contributed by atoms with Crippen molar-refractivity contribution in [1.29, 1.82) is 0 Å². The Hall–Kier alpha value is 3.16. The van der Waals surface area contributed by atoms with Gasteiger partial charge >= 0.3 is 31.2 Å². The number of hydrogen-bond donors (Lipinski definition) is 0. The van der Waals surface area contributed by atoms with E-state index in [1.165, 1.54) is 7.37 Å². The second-order valence-electron chi connectivity index (χ2n) is 0. The van der Waals surface area contributed by atoms with Crippen molar-refractivity contribution < 1.29 is 91.9 Å². The Morgan fingerprint density at radius 3 is 1.17 bits per heavy atom. The van der Waals surface area contributed by atoms with Crippen LogP contribution in [0.2, 0.25) is 0 Å². The van der Waals surface area contributed by atoms with Crippen molar-refractivity contribution in [2.75, 3.05) is 0 Å². The fourth-order valence-corrected chi connectivity index (χ4v) is 0. The molecule has 6 heavy (non-hydrogen) atoms. The molecule has 0 saturated heterocycles. The molecule has 0 saturated carbocycles. The van der Waals surface area contributed by atoms with Gasteiger partial charge in [-0.1, -0.05) is 0 Å². The van der Waals surface area contributed by atoms with E-state index in [-0.39, 0.29) is 68.0 Å². The van der Waals surface area contributed by atoms with Gasteiger partial charge in [0.2, 0.25) is 0 Å². The average Bonchev–Trinajstić information content (AvgIpc) is 1.00. The molecule has 0 aliphatic carbocycles. The van der Waals surface area contributed by atoms with E-state index in [0.717, 1.165) is 0 Å². The summed E-state index contributed by atoms with van der Waals surface area (Å²) in [6.07, 6.45) is 0. The van der Waals surface area contributed by atoms with Gasteiger partial charge in [-0.3, -0.25) is 0 Å². The summed E-state index contributed by atoms with van der Waals surface area (Å²) in [5.74, 6) is 0. The molecule has 45 valence electrons. The summed E-state index contributed by atoms with van der Waals surface area (Å²) in [4.78, 5) is 0. The molecule has 0 unspecified atom stereocenters. The molecular formula is H3CrCuMnNiSiZr. The molecule has 0 aromatic carbocycles. The van der Waals surface area contributed by atoms with Crippen molar-refractivity contribution in [3.05, 3.63) is 0 Å². The van der Waals surface area contributed by atoms with E-state index in [4.69, 9.17) is 0 Å². The van der Waals surface area contributed by atoms with Crippen LogP contribution in [0, 0.1) is 0 Å². The molecule has 0 rings (SSSR count). The monoisotopic (exact) mass is 349 g/mol. The van der Waals surface area contributed by atoms with Crippen molar-refractivity contribution in [3.8, 4) is 0 Å². The summed E-state index contributed by atoms with van der Waals surface area (Å²) in [5.41, 5.74) is 0. The van der Waals surface area contributed by atoms with E-state index in [0.29, 0.717) is 0 Å². The molecule has 0 atom stereocenters. The fraction of sp³-hybridized carbons (Fsp3) is 0. The van der Waals surface area contributed by atoms with Crippen LogP contribution >= 0.6 is 0 Å². The molecular weight excluding hydrogens is 348 g/mol. The van der Waals surface area contributed by atoms with Gasteiger partial charge in [-0.2, -0.15) is 0 Å².